The summed E-state index contributed by atoms with van der Waals surface area (Å²) in [5.41, 5.74) is -0.451. The molecule has 0 saturated carbocycles. The minimum atomic E-state index is -3.51. The lowest BCUT2D eigenvalue weighted by Gasteiger charge is -2.33. The number of aliphatic hydroxyl groups excluding tert-OH is 1. The Morgan fingerprint density at radius 3 is 1.73 bits per heavy atom. The second kappa shape index (κ2) is 10.4. The zero-order valence-corrected chi connectivity index (χ0v) is 17.4. The van der Waals surface area contributed by atoms with E-state index in [0.29, 0.717) is 5.31 Å². The summed E-state index contributed by atoms with van der Waals surface area (Å²) in [4.78, 5) is 0. The number of hydrogen-bond acceptors (Lipinski definition) is 6. The smallest absolute Gasteiger partial charge is 0.361 e. The molecule has 0 heterocycles. The normalized spacial score (nSPS) is 14.0. The lowest BCUT2D eigenvalue weighted by Crippen LogP contribution is -2.29. The highest BCUT2D eigenvalue weighted by Crippen LogP contribution is 2.62. The third kappa shape index (κ3) is 6.58. The Hall–Kier alpha value is 0.550. The molecule has 0 saturated heterocycles. The monoisotopic (exact) mass is 370 g/mol. The third-order valence-electron chi connectivity index (χ3n) is 2.73. The van der Waals surface area contributed by atoms with Gasteiger partial charge in [-0.05, 0) is 30.8 Å². The van der Waals surface area contributed by atoms with Crippen molar-refractivity contribution in [2.75, 3.05) is 24.7 Å². The van der Waals surface area contributed by atoms with Crippen molar-refractivity contribution in [2.24, 2.45) is 5.41 Å². The van der Waals surface area contributed by atoms with Crippen molar-refractivity contribution in [3.8, 4) is 0 Å². The Morgan fingerprint density at radius 1 is 1.05 bits per heavy atom. The fourth-order valence-corrected chi connectivity index (χ4v) is 6.84. The van der Waals surface area contributed by atoms with Crippen molar-refractivity contribution in [2.45, 2.75) is 54.6 Å². The molecule has 22 heavy (non-hydrogen) atoms. The number of thioether (sulfide) groups is 2. The van der Waals surface area contributed by atoms with Crippen LogP contribution in [0.4, 0.5) is 0 Å². The van der Waals surface area contributed by atoms with Crippen LogP contribution >= 0.6 is 31.1 Å². The van der Waals surface area contributed by atoms with Crippen LogP contribution in [-0.4, -0.2) is 35.9 Å². The second-order valence-corrected chi connectivity index (χ2v) is 10.4. The molecule has 132 valence electrons. The highest BCUT2D eigenvalue weighted by molar-refractivity contribution is 8.22. The molecule has 0 radical (unpaired) electrons. The minimum Gasteiger partial charge on any atom is -0.387 e. The van der Waals surface area contributed by atoms with Crippen molar-refractivity contribution in [3.05, 3.63) is 9.55 Å². The molecule has 0 spiro atoms. The summed E-state index contributed by atoms with van der Waals surface area (Å²) >= 11 is 3.16. The summed E-state index contributed by atoms with van der Waals surface area (Å²) in [7, 11) is -3.51. The first kappa shape index (κ1) is 22.6. The molecular formula is C15H31O4PS2. The van der Waals surface area contributed by atoms with E-state index in [1.54, 1.807) is 37.4 Å². The molecule has 0 rings (SSSR count). The van der Waals surface area contributed by atoms with E-state index in [2.05, 4.69) is 0 Å². The van der Waals surface area contributed by atoms with Gasteiger partial charge in [-0.2, -0.15) is 0 Å². The van der Waals surface area contributed by atoms with Gasteiger partial charge in [0.25, 0.3) is 0 Å². The lowest BCUT2D eigenvalue weighted by molar-refractivity contribution is 0.0946. The molecule has 4 nitrogen and oxygen atoms in total. The fraction of sp³-hybridized carbons (Fsp3) is 0.867. The molecule has 0 aromatic heterocycles. The third-order valence-corrected chi connectivity index (χ3v) is 7.54. The highest BCUT2D eigenvalue weighted by atomic mass is 32.2. The minimum absolute atomic E-state index is 0.276. The van der Waals surface area contributed by atoms with Crippen LogP contribution < -0.4 is 0 Å². The number of hydrogen-bond donors (Lipinski definition) is 1. The molecule has 1 unspecified atom stereocenters. The molecule has 0 amide bonds. The fourth-order valence-electron chi connectivity index (χ4n) is 1.75. The van der Waals surface area contributed by atoms with Crippen LogP contribution in [0.25, 0.3) is 0 Å². The Bertz CT molecular complexity index is 387. The van der Waals surface area contributed by atoms with E-state index in [1.807, 2.05) is 34.6 Å². The first-order valence-electron chi connectivity index (χ1n) is 7.75. The summed E-state index contributed by atoms with van der Waals surface area (Å²) in [6.07, 6.45) is -0.885. The summed E-state index contributed by atoms with van der Waals surface area (Å²) in [5, 5.41) is 11.3. The van der Waals surface area contributed by atoms with Gasteiger partial charge < -0.3 is 14.2 Å². The summed E-state index contributed by atoms with van der Waals surface area (Å²) in [5.74, 6) is 1.67. The van der Waals surface area contributed by atoms with Crippen molar-refractivity contribution < 1.29 is 18.7 Å². The van der Waals surface area contributed by atoms with Gasteiger partial charge in [0.15, 0.2) is 0 Å². The molecule has 0 fully saturated rings. The van der Waals surface area contributed by atoms with Gasteiger partial charge >= 0.3 is 7.60 Å². The Labute approximate surface area is 144 Å². The van der Waals surface area contributed by atoms with Crippen LogP contribution in [0.3, 0.4) is 0 Å². The standard InChI is InChI=1S/C15H31O4PS2/c1-8-18-20(17,19-9-2)12(13(16)15(5,6)7)14(21-10-3)22-11-4/h13,16H,8-11H2,1-7H3. The molecule has 0 aromatic rings. The largest absolute Gasteiger partial charge is 0.387 e. The second-order valence-electron chi connectivity index (χ2n) is 5.64. The molecule has 0 aliphatic heterocycles. The van der Waals surface area contributed by atoms with Gasteiger partial charge in [0.05, 0.1) is 28.9 Å². The zero-order valence-electron chi connectivity index (χ0n) is 14.8. The van der Waals surface area contributed by atoms with Gasteiger partial charge in [-0.15, -0.1) is 23.5 Å². The quantitative estimate of drug-likeness (QED) is 0.524. The van der Waals surface area contributed by atoms with Crippen LogP contribution in [0.15, 0.2) is 9.55 Å². The molecule has 0 bridgehead atoms. The number of aliphatic hydroxyl groups is 1. The molecule has 0 aromatic carbocycles. The summed E-state index contributed by atoms with van der Waals surface area (Å²) in [6.45, 7) is 14.0. The van der Waals surface area contributed by atoms with Gasteiger partial charge in [0, 0.05) is 0 Å². The molecular weight excluding hydrogens is 339 g/mol. The predicted molar refractivity (Wildman–Crippen MR) is 99.6 cm³/mol. The maximum Gasteiger partial charge on any atom is 0.361 e. The van der Waals surface area contributed by atoms with E-state index < -0.39 is 19.1 Å². The molecule has 0 aliphatic rings. The molecule has 7 heteroatoms. The van der Waals surface area contributed by atoms with Crippen LogP contribution in [-0.2, 0) is 13.6 Å². The van der Waals surface area contributed by atoms with E-state index in [-0.39, 0.29) is 13.2 Å². The van der Waals surface area contributed by atoms with Gasteiger partial charge in [0.1, 0.15) is 0 Å². The Balaban J connectivity index is 6.16. The zero-order chi connectivity index (χ0) is 17.4. The Kier molecular flexibility index (Phi) is 10.7. The van der Waals surface area contributed by atoms with Crippen LogP contribution in [0.2, 0.25) is 0 Å². The lowest BCUT2D eigenvalue weighted by atomic mass is 9.89. The highest BCUT2D eigenvalue weighted by Gasteiger charge is 2.42. The topological polar surface area (TPSA) is 55.8 Å². The van der Waals surface area contributed by atoms with Crippen LogP contribution in [0.5, 0.6) is 0 Å². The Morgan fingerprint density at radius 2 is 1.45 bits per heavy atom. The molecule has 0 aliphatic carbocycles. The van der Waals surface area contributed by atoms with Crippen molar-refractivity contribution in [3.63, 3.8) is 0 Å². The maximum atomic E-state index is 13.3. The van der Waals surface area contributed by atoms with E-state index >= 15 is 0 Å². The summed E-state index contributed by atoms with van der Waals surface area (Å²) < 4.78 is 25.2. The summed E-state index contributed by atoms with van der Waals surface area (Å²) in [6, 6.07) is 0. The van der Waals surface area contributed by atoms with Gasteiger partial charge in [-0.25, -0.2) is 0 Å². The first-order valence-corrected chi connectivity index (χ1v) is 11.3. The van der Waals surface area contributed by atoms with Crippen molar-refractivity contribution in [1.29, 1.82) is 0 Å². The van der Waals surface area contributed by atoms with E-state index in [9.17, 15) is 9.67 Å². The van der Waals surface area contributed by atoms with Crippen LogP contribution in [0.1, 0.15) is 48.5 Å². The SMILES string of the molecule is CCOP(=O)(OCC)C(=C(SCC)SCC)C(O)C(C)(C)C. The van der Waals surface area contributed by atoms with Crippen molar-refractivity contribution in [1.82, 2.24) is 0 Å². The van der Waals surface area contributed by atoms with Crippen LogP contribution in [0, 0.1) is 5.41 Å². The first-order chi connectivity index (χ1) is 10.2. The molecule has 1 atom stereocenters. The van der Waals surface area contributed by atoms with E-state index in [4.69, 9.17) is 9.05 Å². The van der Waals surface area contributed by atoms with Crippen molar-refractivity contribution >= 4 is 31.1 Å². The molecule has 1 N–H and O–H groups in total. The van der Waals surface area contributed by atoms with E-state index in [0.717, 1.165) is 15.7 Å². The number of rotatable bonds is 10. The maximum absolute atomic E-state index is 13.3. The average molecular weight is 371 g/mol. The average Bonchev–Trinajstić information content (AvgIpc) is 2.38. The van der Waals surface area contributed by atoms with Gasteiger partial charge in [-0.1, -0.05) is 34.6 Å². The van der Waals surface area contributed by atoms with Gasteiger partial charge in [0.2, 0.25) is 0 Å². The van der Waals surface area contributed by atoms with Gasteiger partial charge in [-0.3, -0.25) is 4.57 Å². The van der Waals surface area contributed by atoms with E-state index in [1.165, 1.54) is 0 Å². The predicted octanol–water partition coefficient (Wildman–Crippen LogP) is 5.33.